The van der Waals surface area contributed by atoms with Crippen LogP contribution in [0.25, 0.3) is 11.4 Å². The van der Waals surface area contributed by atoms with Gasteiger partial charge >= 0.3 is 5.97 Å². The number of nitrogens with one attached hydrogen (secondary N) is 1. The van der Waals surface area contributed by atoms with Crippen LogP contribution in [-0.2, 0) is 16.1 Å². The van der Waals surface area contributed by atoms with E-state index in [1.807, 2.05) is 0 Å². The molecule has 0 spiro atoms. The summed E-state index contributed by atoms with van der Waals surface area (Å²) in [7, 11) is 0. The molecule has 7 nitrogen and oxygen atoms in total. The Hall–Kier alpha value is -3.26. The molecule has 1 aromatic heterocycles. The zero-order chi connectivity index (χ0) is 19.2. The molecule has 0 fully saturated rings. The van der Waals surface area contributed by atoms with E-state index in [1.165, 1.54) is 18.2 Å². The first kappa shape index (κ1) is 18.5. The number of hydrogen-bond acceptors (Lipinski definition) is 6. The molecule has 27 heavy (non-hydrogen) atoms. The van der Waals surface area contributed by atoms with Gasteiger partial charge in [-0.05, 0) is 42.5 Å². The summed E-state index contributed by atoms with van der Waals surface area (Å²) >= 11 is 5.82. The number of ether oxygens (including phenoxy) is 1. The lowest BCUT2D eigenvalue weighted by atomic mass is 10.2. The summed E-state index contributed by atoms with van der Waals surface area (Å²) in [6.45, 7) is -0.622. The van der Waals surface area contributed by atoms with Crippen LogP contribution in [0.5, 0.6) is 0 Å². The third kappa shape index (κ3) is 5.11. The predicted octanol–water partition coefficient (Wildman–Crippen LogP) is 3.00. The van der Waals surface area contributed by atoms with Crippen LogP contribution in [0.1, 0.15) is 16.2 Å². The van der Waals surface area contributed by atoms with Gasteiger partial charge in [-0.15, -0.1) is 0 Å². The van der Waals surface area contributed by atoms with Gasteiger partial charge in [0.1, 0.15) is 12.4 Å². The van der Waals surface area contributed by atoms with Gasteiger partial charge in [0.15, 0.2) is 6.61 Å². The van der Waals surface area contributed by atoms with Crippen LogP contribution in [0.15, 0.2) is 53.1 Å². The molecular weight excluding hydrogens is 377 g/mol. The van der Waals surface area contributed by atoms with E-state index in [4.69, 9.17) is 20.9 Å². The van der Waals surface area contributed by atoms with E-state index in [9.17, 15) is 14.0 Å². The van der Waals surface area contributed by atoms with Crippen molar-refractivity contribution in [2.45, 2.75) is 6.61 Å². The van der Waals surface area contributed by atoms with Gasteiger partial charge in [0, 0.05) is 16.1 Å². The summed E-state index contributed by atoms with van der Waals surface area (Å²) < 4.78 is 23.0. The monoisotopic (exact) mass is 389 g/mol. The van der Waals surface area contributed by atoms with Crippen LogP contribution in [0.2, 0.25) is 5.02 Å². The summed E-state index contributed by atoms with van der Waals surface area (Å²) in [5.41, 5.74) is 0.801. The zero-order valence-electron chi connectivity index (χ0n) is 13.8. The molecule has 0 aliphatic rings. The number of nitrogens with zero attached hydrogens (tertiary/aromatic N) is 2. The molecule has 1 amide bonds. The maximum atomic E-state index is 13.1. The first-order valence-corrected chi connectivity index (χ1v) is 8.17. The van der Waals surface area contributed by atoms with Gasteiger partial charge < -0.3 is 14.6 Å². The average Bonchev–Trinajstić information content (AvgIpc) is 3.14. The van der Waals surface area contributed by atoms with Crippen molar-refractivity contribution in [1.29, 1.82) is 0 Å². The molecule has 3 aromatic rings. The van der Waals surface area contributed by atoms with Gasteiger partial charge in [0.25, 0.3) is 11.8 Å². The number of carbonyl (C=O) groups excluding carboxylic acids is 2. The number of halogens is 2. The Balaban J connectivity index is 1.48. The van der Waals surface area contributed by atoms with Gasteiger partial charge in [-0.25, -0.2) is 4.39 Å². The van der Waals surface area contributed by atoms with Crippen LogP contribution in [-0.4, -0.2) is 28.6 Å². The second kappa shape index (κ2) is 8.41. The van der Waals surface area contributed by atoms with Gasteiger partial charge in [-0.3, -0.25) is 9.59 Å². The highest BCUT2D eigenvalue weighted by molar-refractivity contribution is 6.30. The Bertz CT molecular complexity index is 959. The van der Waals surface area contributed by atoms with Crippen LogP contribution < -0.4 is 5.32 Å². The summed E-state index contributed by atoms with van der Waals surface area (Å²) in [5, 5.41) is 6.71. The molecule has 0 saturated heterocycles. The van der Waals surface area contributed by atoms with Crippen molar-refractivity contribution in [1.82, 2.24) is 15.5 Å². The van der Waals surface area contributed by atoms with Crippen molar-refractivity contribution >= 4 is 23.5 Å². The van der Waals surface area contributed by atoms with Crippen molar-refractivity contribution in [2.75, 3.05) is 6.54 Å². The highest BCUT2D eigenvalue weighted by atomic mass is 35.5. The topological polar surface area (TPSA) is 94.3 Å². The van der Waals surface area contributed by atoms with Gasteiger partial charge in [0.05, 0.1) is 0 Å². The van der Waals surface area contributed by atoms with E-state index in [0.717, 1.165) is 6.07 Å². The zero-order valence-corrected chi connectivity index (χ0v) is 14.6. The van der Waals surface area contributed by atoms with Crippen molar-refractivity contribution in [3.63, 3.8) is 0 Å². The third-order valence-corrected chi connectivity index (χ3v) is 3.66. The Morgan fingerprint density at radius 1 is 1.19 bits per heavy atom. The van der Waals surface area contributed by atoms with E-state index in [-0.39, 0.29) is 24.6 Å². The van der Waals surface area contributed by atoms with Crippen LogP contribution >= 0.6 is 11.6 Å². The van der Waals surface area contributed by atoms with Crippen molar-refractivity contribution < 1.29 is 23.2 Å². The molecule has 0 radical (unpaired) electrons. The molecule has 0 atom stereocenters. The normalized spacial score (nSPS) is 10.4. The molecular formula is C18H13ClFN3O4. The number of amides is 1. The fourth-order valence-electron chi connectivity index (χ4n) is 2.11. The maximum absolute atomic E-state index is 13.1. The molecule has 0 unspecified atom stereocenters. The summed E-state index contributed by atoms with van der Waals surface area (Å²) in [6.07, 6.45) is 0. The van der Waals surface area contributed by atoms with Gasteiger partial charge in [-0.2, -0.15) is 4.98 Å². The molecule has 0 aliphatic heterocycles. The first-order chi connectivity index (χ1) is 13.0. The quantitative estimate of drug-likeness (QED) is 0.651. The lowest BCUT2D eigenvalue weighted by molar-refractivity contribution is -0.144. The summed E-state index contributed by atoms with van der Waals surface area (Å²) in [5.74, 6) is -1.40. The standard InChI is InChI=1S/C18H13ClFN3O4/c19-13-6-4-11(5-7-13)17-22-15(27-23-17)10-26-16(24)9-21-18(25)12-2-1-3-14(20)8-12/h1-8H,9-10H2,(H,21,25). The van der Waals surface area contributed by atoms with Crippen LogP contribution in [0, 0.1) is 5.82 Å². The molecule has 1 N–H and O–H groups in total. The number of rotatable bonds is 6. The number of hydrogen-bond donors (Lipinski definition) is 1. The molecule has 0 saturated carbocycles. The number of aromatic nitrogens is 2. The molecule has 9 heteroatoms. The minimum Gasteiger partial charge on any atom is -0.454 e. The summed E-state index contributed by atoms with van der Waals surface area (Å²) in [4.78, 5) is 27.6. The van der Waals surface area contributed by atoms with Gasteiger partial charge in [-0.1, -0.05) is 22.8 Å². The average molecular weight is 390 g/mol. The second-order valence-corrected chi connectivity index (χ2v) is 5.81. The minimum absolute atomic E-state index is 0.102. The molecule has 0 bridgehead atoms. The molecule has 1 heterocycles. The Morgan fingerprint density at radius 2 is 1.96 bits per heavy atom. The Morgan fingerprint density at radius 3 is 2.70 bits per heavy atom. The fraction of sp³-hybridized carbons (Fsp3) is 0.111. The number of carbonyl (C=O) groups is 2. The highest BCUT2D eigenvalue weighted by Gasteiger charge is 2.13. The number of esters is 1. The SMILES string of the molecule is O=C(CNC(=O)c1cccc(F)c1)OCc1nc(-c2ccc(Cl)cc2)no1. The lowest BCUT2D eigenvalue weighted by Gasteiger charge is -2.05. The van der Waals surface area contributed by atoms with Crippen molar-refractivity contribution in [3.8, 4) is 11.4 Å². The van der Waals surface area contributed by atoms with Gasteiger partial charge in [0.2, 0.25) is 5.82 Å². The molecule has 138 valence electrons. The molecule has 3 rings (SSSR count). The smallest absolute Gasteiger partial charge is 0.325 e. The van der Waals surface area contributed by atoms with Crippen LogP contribution in [0.4, 0.5) is 4.39 Å². The van der Waals surface area contributed by atoms with E-state index >= 15 is 0 Å². The van der Waals surface area contributed by atoms with E-state index in [1.54, 1.807) is 24.3 Å². The predicted molar refractivity (Wildman–Crippen MR) is 93.3 cm³/mol. The van der Waals surface area contributed by atoms with Crippen LogP contribution in [0.3, 0.4) is 0 Å². The highest BCUT2D eigenvalue weighted by Crippen LogP contribution is 2.18. The van der Waals surface area contributed by atoms with E-state index < -0.39 is 17.7 Å². The Labute approximate surface area is 158 Å². The summed E-state index contributed by atoms with van der Waals surface area (Å²) in [6, 6.07) is 11.9. The second-order valence-electron chi connectivity index (χ2n) is 5.37. The first-order valence-electron chi connectivity index (χ1n) is 7.79. The minimum atomic E-state index is -0.703. The fourth-order valence-corrected chi connectivity index (χ4v) is 2.23. The maximum Gasteiger partial charge on any atom is 0.325 e. The third-order valence-electron chi connectivity index (χ3n) is 3.41. The van der Waals surface area contributed by atoms with Crippen molar-refractivity contribution in [3.05, 3.63) is 70.8 Å². The van der Waals surface area contributed by atoms with E-state index in [0.29, 0.717) is 16.4 Å². The van der Waals surface area contributed by atoms with Crippen molar-refractivity contribution in [2.24, 2.45) is 0 Å². The largest absolute Gasteiger partial charge is 0.454 e. The number of benzene rings is 2. The molecule has 0 aliphatic carbocycles. The van der Waals surface area contributed by atoms with E-state index in [2.05, 4.69) is 15.5 Å². The lowest BCUT2D eigenvalue weighted by Crippen LogP contribution is -2.30. The molecule has 2 aromatic carbocycles. The Kier molecular flexibility index (Phi) is 5.77.